The highest BCUT2D eigenvalue weighted by Gasteiger charge is 2.20. The van der Waals surface area contributed by atoms with Crippen molar-refractivity contribution in [2.24, 2.45) is 0 Å². The Hall–Kier alpha value is -1.27. The van der Waals surface area contributed by atoms with Crippen molar-refractivity contribution in [3.05, 3.63) is 22.2 Å². The number of aliphatic hydroxyl groups excluding tert-OH is 1. The average Bonchev–Trinajstić information content (AvgIpc) is 2.26. The zero-order chi connectivity index (χ0) is 12.3. The first kappa shape index (κ1) is 12.8. The highest BCUT2D eigenvalue weighted by atomic mass is 79.9. The van der Waals surface area contributed by atoms with Gasteiger partial charge in [-0.15, -0.1) is 0 Å². The Kier molecular flexibility index (Phi) is 4.14. The summed E-state index contributed by atoms with van der Waals surface area (Å²) in [6.07, 6.45) is -1.59. The van der Waals surface area contributed by atoms with Crippen LogP contribution in [0.2, 0.25) is 0 Å². The fraction of sp³-hybridized carbons (Fsp3) is 0.300. The molecule has 1 aromatic rings. The van der Waals surface area contributed by atoms with Crippen molar-refractivity contribution >= 4 is 21.9 Å². The van der Waals surface area contributed by atoms with Crippen LogP contribution in [0.25, 0.3) is 0 Å². The summed E-state index contributed by atoms with van der Waals surface area (Å²) in [5, 5.41) is 18.1. The summed E-state index contributed by atoms with van der Waals surface area (Å²) in [5.41, 5.74) is 0.219. The van der Waals surface area contributed by atoms with Gasteiger partial charge in [0.2, 0.25) is 0 Å². The van der Waals surface area contributed by atoms with E-state index in [1.165, 1.54) is 26.4 Å². The number of carboxylic acids is 1. The standard InChI is InChI=1S/C10H11BrO5/c1-15-7-4-5(8(12)10(13)14)3-6(11)9(7)16-2/h3-4,8,12H,1-2H3,(H,13,14). The molecule has 0 fully saturated rings. The molecule has 0 aromatic heterocycles. The lowest BCUT2D eigenvalue weighted by molar-refractivity contribution is -0.146. The first-order valence-corrected chi connectivity index (χ1v) is 5.12. The van der Waals surface area contributed by atoms with E-state index in [4.69, 9.17) is 14.6 Å². The van der Waals surface area contributed by atoms with Gasteiger partial charge in [-0.05, 0) is 33.6 Å². The van der Waals surface area contributed by atoms with Crippen LogP contribution in [-0.4, -0.2) is 30.4 Å². The van der Waals surface area contributed by atoms with Crippen LogP contribution in [0.15, 0.2) is 16.6 Å². The largest absolute Gasteiger partial charge is 0.493 e. The van der Waals surface area contributed by atoms with E-state index in [0.29, 0.717) is 16.0 Å². The van der Waals surface area contributed by atoms with Crippen molar-refractivity contribution in [3.63, 3.8) is 0 Å². The van der Waals surface area contributed by atoms with Crippen LogP contribution < -0.4 is 9.47 Å². The number of halogens is 1. The minimum absolute atomic E-state index is 0.219. The zero-order valence-corrected chi connectivity index (χ0v) is 10.3. The summed E-state index contributed by atoms with van der Waals surface area (Å²) in [6, 6.07) is 2.89. The first-order chi connectivity index (χ1) is 7.51. The van der Waals surface area contributed by atoms with Gasteiger partial charge in [0.15, 0.2) is 17.6 Å². The van der Waals surface area contributed by atoms with Crippen molar-refractivity contribution in [1.82, 2.24) is 0 Å². The smallest absolute Gasteiger partial charge is 0.337 e. The zero-order valence-electron chi connectivity index (χ0n) is 8.73. The molecular formula is C10H11BrO5. The molecular weight excluding hydrogens is 280 g/mol. The minimum atomic E-state index is -1.59. The Morgan fingerprint density at radius 1 is 1.38 bits per heavy atom. The Morgan fingerprint density at radius 3 is 2.44 bits per heavy atom. The van der Waals surface area contributed by atoms with Crippen LogP contribution in [0, 0.1) is 0 Å². The number of carboxylic acid groups (broad SMARTS) is 1. The van der Waals surface area contributed by atoms with Crippen molar-refractivity contribution in [2.45, 2.75) is 6.10 Å². The van der Waals surface area contributed by atoms with Crippen LogP contribution in [0.5, 0.6) is 11.5 Å². The molecule has 0 heterocycles. The number of aliphatic carboxylic acids is 1. The second-order valence-corrected chi connectivity index (χ2v) is 3.83. The molecule has 88 valence electrons. The third-order valence-electron chi connectivity index (χ3n) is 2.01. The van der Waals surface area contributed by atoms with Gasteiger partial charge in [-0.2, -0.15) is 0 Å². The summed E-state index contributed by atoms with van der Waals surface area (Å²) >= 11 is 3.21. The second-order valence-electron chi connectivity index (χ2n) is 2.98. The van der Waals surface area contributed by atoms with Gasteiger partial charge in [0.25, 0.3) is 0 Å². The van der Waals surface area contributed by atoms with Gasteiger partial charge in [0.1, 0.15) is 0 Å². The van der Waals surface area contributed by atoms with E-state index in [2.05, 4.69) is 15.9 Å². The second kappa shape index (κ2) is 5.18. The van der Waals surface area contributed by atoms with Gasteiger partial charge in [-0.25, -0.2) is 4.79 Å². The molecule has 0 saturated carbocycles. The Morgan fingerprint density at radius 2 is 2.00 bits per heavy atom. The molecule has 0 bridgehead atoms. The van der Waals surface area contributed by atoms with E-state index in [-0.39, 0.29) is 5.56 Å². The fourth-order valence-electron chi connectivity index (χ4n) is 1.24. The molecule has 1 aromatic carbocycles. The molecule has 0 aliphatic heterocycles. The van der Waals surface area contributed by atoms with E-state index in [1.54, 1.807) is 0 Å². The molecule has 16 heavy (non-hydrogen) atoms. The topological polar surface area (TPSA) is 76.0 Å². The lowest BCUT2D eigenvalue weighted by Crippen LogP contribution is -2.10. The van der Waals surface area contributed by atoms with Crippen molar-refractivity contribution < 1.29 is 24.5 Å². The van der Waals surface area contributed by atoms with Crippen LogP contribution in [0.3, 0.4) is 0 Å². The lowest BCUT2D eigenvalue weighted by Gasteiger charge is -2.13. The van der Waals surface area contributed by atoms with E-state index in [9.17, 15) is 9.90 Å². The molecule has 1 rings (SSSR count). The molecule has 6 heteroatoms. The maximum absolute atomic E-state index is 10.6. The number of ether oxygens (including phenoxy) is 2. The maximum atomic E-state index is 10.6. The number of methoxy groups -OCH3 is 2. The monoisotopic (exact) mass is 290 g/mol. The highest BCUT2D eigenvalue weighted by molar-refractivity contribution is 9.10. The fourth-order valence-corrected chi connectivity index (χ4v) is 1.86. The number of hydrogen-bond acceptors (Lipinski definition) is 4. The molecule has 1 unspecified atom stereocenters. The van der Waals surface area contributed by atoms with Gasteiger partial charge >= 0.3 is 5.97 Å². The summed E-state index contributed by atoms with van der Waals surface area (Å²) in [4.78, 5) is 10.6. The van der Waals surface area contributed by atoms with E-state index >= 15 is 0 Å². The number of carbonyl (C=O) groups is 1. The van der Waals surface area contributed by atoms with E-state index < -0.39 is 12.1 Å². The summed E-state index contributed by atoms with van der Waals surface area (Å²) in [7, 11) is 2.90. The molecule has 0 amide bonds. The SMILES string of the molecule is COc1cc(C(O)C(=O)O)cc(Br)c1OC. The van der Waals surface area contributed by atoms with E-state index in [1.807, 2.05) is 0 Å². The number of aliphatic hydroxyl groups is 1. The molecule has 0 saturated heterocycles. The van der Waals surface area contributed by atoms with Gasteiger partial charge in [0, 0.05) is 0 Å². The van der Waals surface area contributed by atoms with Crippen LogP contribution >= 0.6 is 15.9 Å². The Bertz CT molecular complexity index is 404. The van der Waals surface area contributed by atoms with Crippen LogP contribution in [0.1, 0.15) is 11.7 Å². The van der Waals surface area contributed by atoms with Gasteiger partial charge in [-0.1, -0.05) is 0 Å². The predicted molar refractivity (Wildman–Crippen MR) is 59.8 cm³/mol. The Balaban J connectivity index is 3.25. The first-order valence-electron chi connectivity index (χ1n) is 4.33. The quantitative estimate of drug-likeness (QED) is 0.881. The molecule has 0 aliphatic rings. The Labute approximate surface area is 101 Å². The highest BCUT2D eigenvalue weighted by Crippen LogP contribution is 2.37. The van der Waals surface area contributed by atoms with Gasteiger partial charge in [0.05, 0.1) is 18.7 Å². The van der Waals surface area contributed by atoms with Crippen molar-refractivity contribution in [3.8, 4) is 11.5 Å². The van der Waals surface area contributed by atoms with E-state index in [0.717, 1.165) is 0 Å². The average molecular weight is 291 g/mol. The number of rotatable bonds is 4. The van der Waals surface area contributed by atoms with Gasteiger partial charge < -0.3 is 19.7 Å². The maximum Gasteiger partial charge on any atom is 0.337 e. The molecule has 5 nitrogen and oxygen atoms in total. The van der Waals surface area contributed by atoms with Crippen LogP contribution in [-0.2, 0) is 4.79 Å². The summed E-state index contributed by atoms with van der Waals surface area (Å²) < 4.78 is 10.6. The predicted octanol–water partition coefficient (Wildman–Crippen LogP) is 1.58. The number of hydrogen-bond donors (Lipinski definition) is 2. The summed E-state index contributed by atoms with van der Waals surface area (Å²) in [6.45, 7) is 0. The number of benzene rings is 1. The van der Waals surface area contributed by atoms with Crippen molar-refractivity contribution in [2.75, 3.05) is 14.2 Å². The minimum Gasteiger partial charge on any atom is -0.493 e. The third-order valence-corrected chi connectivity index (χ3v) is 2.59. The molecule has 0 radical (unpaired) electrons. The molecule has 1 atom stereocenters. The molecule has 0 aliphatic carbocycles. The summed E-state index contributed by atoms with van der Waals surface area (Å²) in [5.74, 6) is -0.518. The molecule has 2 N–H and O–H groups in total. The molecule has 0 spiro atoms. The van der Waals surface area contributed by atoms with Gasteiger partial charge in [-0.3, -0.25) is 0 Å². The van der Waals surface area contributed by atoms with Crippen LogP contribution in [0.4, 0.5) is 0 Å². The lowest BCUT2D eigenvalue weighted by atomic mass is 10.1. The van der Waals surface area contributed by atoms with Crippen molar-refractivity contribution in [1.29, 1.82) is 0 Å². The normalized spacial score (nSPS) is 12.0. The third kappa shape index (κ3) is 2.45.